The van der Waals surface area contributed by atoms with Crippen molar-refractivity contribution >= 4 is 23.8 Å². The summed E-state index contributed by atoms with van der Waals surface area (Å²) in [4.78, 5) is 48.8. The molecular formula is C42H80N2O7. The normalized spacial score (nSPS) is 12.4. The van der Waals surface area contributed by atoms with Crippen molar-refractivity contribution in [2.75, 3.05) is 13.2 Å². The Bertz CT molecular complexity index is 838. The smallest absolute Gasteiger partial charge is 0.328 e. The van der Waals surface area contributed by atoms with Crippen LogP contribution in [-0.2, 0) is 28.7 Å². The first kappa shape index (κ1) is 48.8. The van der Waals surface area contributed by atoms with Gasteiger partial charge in [0.05, 0.1) is 19.3 Å². The Morgan fingerprint density at radius 1 is 0.510 bits per heavy atom. The number of unbranched alkanes of at least 4 members (excludes halogenated alkanes) is 26. The summed E-state index contributed by atoms with van der Waals surface area (Å²) in [7, 11) is 0. The molecule has 0 fully saturated rings. The number of ether oxygens (including phenoxy) is 2. The first-order chi connectivity index (χ1) is 24.8. The Morgan fingerprint density at radius 2 is 0.863 bits per heavy atom. The number of nitrogens with one attached hydrogen (secondary N) is 1. The fraction of sp³-hybridized carbons (Fsp3) is 0.905. The molecule has 0 spiro atoms. The number of hydrogen-bond acceptors (Lipinski definition) is 7. The summed E-state index contributed by atoms with van der Waals surface area (Å²) in [6.07, 6.45) is 34.5. The number of aliphatic carboxylic acids is 1. The minimum Gasteiger partial charge on any atom is -0.481 e. The van der Waals surface area contributed by atoms with E-state index in [0.29, 0.717) is 6.61 Å². The van der Waals surface area contributed by atoms with Crippen LogP contribution in [0.1, 0.15) is 219 Å². The van der Waals surface area contributed by atoms with Gasteiger partial charge in [-0.1, -0.05) is 181 Å². The minimum atomic E-state index is -1.07. The maximum atomic E-state index is 12.9. The van der Waals surface area contributed by atoms with Crippen LogP contribution in [0.3, 0.4) is 0 Å². The molecule has 1 amide bonds. The van der Waals surface area contributed by atoms with Crippen LogP contribution in [-0.4, -0.2) is 54.2 Å². The average molecular weight is 725 g/mol. The van der Waals surface area contributed by atoms with E-state index in [1.54, 1.807) is 0 Å². The summed E-state index contributed by atoms with van der Waals surface area (Å²) in [5.74, 6) is -2.71. The number of esters is 2. The van der Waals surface area contributed by atoms with Crippen LogP contribution in [0.4, 0.5) is 0 Å². The summed E-state index contributed by atoms with van der Waals surface area (Å²) < 4.78 is 10.9. The Labute approximate surface area is 312 Å². The zero-order valence-corrected chi connectivity index (χ0v) is 33.2. The van der Waals surface area contributed by atoms with Crippen molar-refractivity contribution in [1.82, 2.24) is 5.32 Å². The Balaban J connectivity index is 4.22. The van der Waals surface area contributed by atoms with Crippen LogP contribution < -0.4 is 11.1 Å². The number of hydrogen-bond donors (Lipinski definition) is 3. The number of rotatable bonds is 39. The van der Waals surface area contributed by atoms with Gasteiger partial charge in [0, 0.05) is 12.8 Å². The molecule has 0 saturated heterocycles. The predicted octanol–water partition coefficient (Wildman–Crippen LogP) is 10.5. The molecule has 0 bridgehead atoms. The van der Waals surface area contributed by atoms with Gasteiger partial charge in [-0.25, -0.2) is 4.79 Å². The number of carboxylic acid groups (broad SMARTS) is 1. The van der Waals surface area contributed by atoms with E-state index in [4.69, 9.17) is 20.3 Å². The second kappa shape index (κ2) is 37.6. The highest BCUT2D eigenvalue weighted by molar-refractivity contribution is 5.88. The largest absolute Gasteiger partial charge is 0.481 e. The van der Waals surface area contributed by atoms with Crippen LogP contribution in [0.5, 0.6) is 0 Å². The lowest BCUT2D eigenvalue weighted by Crippen LogP contribution is -2.49. The molecule has 2 atom stereocenters. The number of carbonyl (C=O) groups excluding carboxylic acids is 3. The third-order valence-electron chi connectivity index (χ3n) is 9.75. The Hall–Kier alpha value is -2.16. The minimum absolute atomic E-state index is 0.0343. The van der Waals surface area contributed by atoms with Gasteiger partial charge < -0.3 is 25.6 Å². The third kappa shape index (κ3) is 34.7. The average Bonchev–Trinajstić information content (AvgIpc) is 3.11. The van der Waals surface area contributed by atoms with Crippen molar-refractivity contribution in [2.45, 2.75) is 231 Å². The molecule has 0 aromatic carbocycles. The van der Waals surface area contributed by atoms with Gasteiger partial charge in [0.25, 0.3) is 0 Å². The number of carboxylic acids is 1. The molecule has 0 aromatic rings. The lowest BCUT2D eigenvalue weighted by molar-refractivity contribution is -0.149. The maximum absolute atomic E-state index is 12.9. The molecule has 9 nitrogen and oxygen atoms in total. The van der Waals surface area contributed by atoms with Crippen LogP contribution in [0.25, 0.3) is 0 Å². The molecule has 0 heterocycles. The van der Waals surface area contributed by atoms with Crippen molar-refractivity contribution in [1.29, 1.82) is 0 Å². The monoisotopic (exact) mass is 725 g/mol. The molecule has 0 unspecified atom stereocenters. The number of amides is 1. The molecule has 0 rings (SSSR count). The quantitative estimate of drug-likeness (QED) is 0.0419. The summed E-state index contributed by atoms with van der Waals surface area (Å²) in [6, 6.07) is -2.12. The first-order valence-corrected chi connectivity index (χ1v) is 21.4. The van der Waals surface area contributed by atoms with E-state index in [1.807, 2.05) is 0 Å². The molecule has 0 saturated carbocycles. The van der Waals surface area contributed by atoms with Gasteiger partial charge >= 0.3 is 17.9 Å². The SMILES string of the molecule is CCCCCCCCCCCCCCCCOC(=O)CC[C@@H](NC(=O)[C@H](N)CCC(=O)O)C(=O)OCCCCCCCCCCCCCCCC. The van der Waals surface area contributed by atoms with Crippen LogP contribution in [0.2, 0.25) is 0 Å². The molecule has 0 aliphatic heterocycles. The van der Waals surface area contributed by atoms with E-state index in [2.05, 4.69) is 19.2 Å². The summed E-state index contributed by atoms with van der Waals surface area (Å²) in [5.41, 5.74) is 5.86. The fourth-order valence-electron chi connectivity index (χ4n) is 6.32. The molecule has 300 valence electrons. The zero-order valence-electron chi connectivity index (χ0n) is 33.2. The van der Waals surface area contributed by atoms with Gasteiger partial charge in [0.15, 0.2) is 0 Å². The standard InChI is InChI=1S/C42H80N2O7/c1-3-5-7-9-11-13-15-17-19-21-23-25-27-29-35-50-40(47)34-32-38(44-41(48)37(43)31-33-39(45)46)42(49)51-36-30-28-26-24-22-20-18-16-14-12-10-8-6-4-2/h37-38H,3-36,43H2,1-2H3,(H,44,48)(H,45,46)/t37-,38-/m1/s1. The van der Waals surface area contributed by atoms with Crippen molar-refractivity contribution in [2.24, 2.45) is 5.73 Å². The second-order valence-electron chi connectivity index (χ2n) is 14.7. The van der Waals surface area contributed by atoms with Gasteiger partial charge in [-0.05, 0) is 25.7 Å². The van der Waals surface area contributed by atoms with E-state index in [1.165, 1.54) is 141 Å². The highest BCUT2D eigenvalue weighted by Gasteiger charge is 2.26. The zero-order chi connectivity index (χ0) is 37.6. The van der Waals surface area contributed by atoms with E-state index in [-0.39, 0.29) is 32.3 Å². The number of carbonyl (C=O) groups is 4. The van der Waals surface area contributed by atoms with Crippen LogP contribution in [0, 0.1) is 0 Å². The molecular weight excluding hydrogens is 644 g/mol. The van der Waals surface area contributed by atoms with E-state index < -0.39 is 35.9 Å². The maximum Gasteiger partial charge on any atom is 0.328 e. The highest BCUT2D eigenvalue weighted by Crippen LogP contribution is 2.15. The van der Waals surface area contributed by atoms with Crippen molar-refractivity contribution in [3.63, 3.8) is 0 Å². The van der Waals surface area contributed by atoms with E-state index in [9.17, 15) is 19.2 Å². The topological polar surface area (TPSA) is 145 Å². The van der Waals surface area contributed by atoms with Crippen LogP contribution in [0.15, 0.2) is 0 Å². The summed E-state index contributed by atoms with van der Waals surface area (Å²) in [5, 5.41) is 11.5. The van der Waals surface area contributed by atoms with E-state index in [0.717, 1.165) is 38.5 Å². The van der Waals surface area contributed by atoms with Gasteiger partial charge in [-0.3, -0.25) is 14.4 Å². The molecule has 0 radical (unpaired) electrons. The highest BCUT2D eigenvalue weighted by atomic mass is 16.5. The lowest BCUT2D eigenvalue weighted by atomic mass is 10.0. The molecule has 0 aliphatic rings. The summed E-state index contributed by atoms with van der Waals surface area (Å²) >= 11 is 0. The van der Waals surface area contributed by atoms with Gasteiger partial charge in [0.1, 0.15) is 6.04 Å². The van der Waals surface area contributed by atoms with Gasteiger partial charge in [-0.2, -0.15) is 0 Å². The Morgan fingerprint density at radius 3 is 1.24 bits per heavy atom. The molecule has 4 N–H and O–H groups in total. The van der Waals surface area contributed by atoms with Crippen molar-refractivity contribution in [3.8, 4) is 0 Å². The van der Waals surface area contributed by atoms with E-state index >= 15 is 0 Å². The molecule has 9 heteroatoms. The van der Waals surface area contributed by atoms with Gasteiger partial charge in [-0.15, -0.1) is 0 Å². The molecule has 0 aromatic heterocycles. The predicted molar refractivity (Wildman–Crippen MR) is 209 cm³/mol. The first-order valence-electron chi connectivity index (χ1n) is 21.4. The fourth-order valence-corrected chi connectivity index (χ4v) is 6.32. The van der Waals surface area contributed by atoms with Crippen LogP contribution >= 0.6 is 0 Å². The van der Waals surface area contributed by atoms with Crippen molar-refractivity contribution < 1.29 is 33.8 Å². The Kier molecular flexibility index (Phi) is 36.0. The lowest BCUT2D eigenvalue weighted by Gasteiger charge is -2.20. The third-order valence-corrected chi connectivity index (χ3v) is 9.75. The van der Waals surface area contributed by atoms with Crippen molar-refractivity contribution in [3.05, 3.63) is 0 Å². The van der Waals surface area contributed by atoms with Gasteiger partial charge in [0.2, 0.25) is 5.91 Å². The molecule has 0 aliphatic carbocycles. The number of nitrogens with two attached hydrogens (primary N) is 1. The summed E-state index contributed by atoms with van der Waals surface area (Å²) in [6.45, 7) is 5.10. The molecule has 51 heavy (non-hydrogen) atoms. The second-order valence-corrected chi connectivity index (χ2v) is 14.7.